The molecule has 2 amide bonds. The zero-order valence-electron chi connectivity index (χ0n) is 24.1. The van der Waals surface area contributed by atoms with Crippen molar-refractivity contribution in [1.29, 1.82) is 0 Å². The number of ether oxygens (including phenoxy) is 2. The van der Waals surface area contributed by atoms with E-state index in [0.717, 1.165) is 4.31 Å². The molecule has 0 aromatic heterocycles. The Hall–Kier alpha value is -3.47. The summed E-state index contributed by atoms with van der Waals surface area (Å²) in [4.78, 5) is 28.8. The second kappa shape index (κ2) is 14.6. The molecule has 3 aromatic carbocycles. The van der Waals surface area contributed by atoms with E-state index in [2.05, 4.69) is 5.32 Å². The minimum Gasteiger partial charge on any atom is -0.493 e. The molecule has 12 heteroatoms. The third-order valence-electron chi connectivity index (χ3n) is 6.42. The standard InChI is InChI=1S/C30H35Cl2N3O6S/c1-6-26(30(37)33-20(2)3)34(18-21-12-14-24(31)25(32)16-21)29(36)19-35(42(38,39)23-10-8-7-9-11-23)22-13-15-27(40-4)28(17-22)41-5/h7-17,20,26H,6,18-19H2,1-5H3,(H,33,37)/t26-/m0/s1. The molecule has 0 saturated carbocycles. The molecule has 0 aliphatic rings. The van der Waals surface area contributed by atoms with Gasteiger partial charge < -0.3 is 19.7 Å². The van der Waals surface area contributed by atoms with E-state index in [-0.39, 0.29) is 41.2 Å². The number of nitrogens with one attached hydrogen (secondary N) is 1. The quantitative estimate of drug-likeness (QED) is 0.264. The number of hydrogen-bond donors (Lipinski definition) is 1. The van der Waals surface area contributed by atoms with Gasteiger partial charge in [-0.25, -0.2) is 8.42 Å². The molecule has 226 valence electrons. The highest BCUT2D eigenvalue weighted by Gasteiger charge is 2.34. The Balaban J connectivity index is 2.12. The molecule has 0 heterocycles. The molecule has 42 heavy (non-hydrogen) atoms. The van der Waals surface area contributed by atoms with Gasteiger partial charge in [0.05, 0.1) is 34.8 Å². The zero-order valence-corrected chi connectivity index (χ0v) is 26.5. The van der Waals surface area contributed by atoms with Gasteiger partial charge in [-0.3, -0.25) is 13.9 Å². The summed E-state index contributed by atoms with van der Waals surface area (Å²) in [5, 5.41) is 3.50. The van der Waals surface area contributed by atoms with E-state index in [0.29, 0.717) is 21.4 Å². The summed E-state index contributed by atoms with van der Waals surface area (Å²) >= 11 is 12.3. The van der Waals surface area contributed by atoms with Gasteiger partial charge in [-0.05, 0) is 62.2 Å². The highest BCUT2D eigenvalue weighted by Crippen LogP contribution is 2.34. The van der Waals surface area contributed by atoms with Crippen LogP contribution in [0.3, 0.4) is 0 Å². The van der Waals surface area contributed by atoms with Gasteiger partial charge in [-0.1, -0.05) is 54.4 Å². The third kappa shape index (κ3) is 7.87. The Bertz CT molecular complexity index is 1500. The van der Waals surface area contributed by atoms with E-state index in [4.69, 9.17) is 32.7 Å². The van der Waals surface area contributed by atoms with Gasteiger partial charge in [0, 0.05) is 18.7 Å². The number of anilines is 1. The minimum atomic E-state index is -4.23. The van der Waals surface area contributed by atoms with Crippen LogP contribution in [0.4, 0.5) is 5.69 Å². The van der Waals surface area contributed by atoms with E-state index in [9.17, 15) is 18.0 Å². The number of amides is 2. The number of sulfonamides is 1. The Labute approximate surface area is 257 Å². The van der Waals surface area contributed by atoms with Crippen molar-refractivity contribution in [3.63, 3.8) is 0 Å². The van der Waals surface area contributed by atoms with Gasteiger partial charge in [0.2, 0.25) is 11.8 Å². The molecule has 0 aliphatic carbocycles. The summed E-state index contributed by atoms with van der Waals surface area (Å²) in [6, 6.07) is 16.2. The van der Waals surface area contributed by atoms with Gasteiger partial charge in [0.1, 0.15) is 12.6 Å². The lowest BCUT2D eigenvalue weighted by Crippen LogP contribution is -2.53. The summed E-state index contributed by atoms with van der Waals surface area (Å²) < 4.78 is 39.7. The van der Waals surface area contributed by atoms with Gasteiger partial charge in [-0.2, -0.15) is 0 Å². The molecule has 0 spiro atoms. The SMILES string of the molecule is CC[C@@H](C(=O)NC(C)C)N(Cc1ccc(Cl)c(Cl)c1)C(=O)CN(c1ccc(OC)c(OC)c1)S(=O)(=O)c1ccccc1. The number of rotatable bonds is 13. The maximum atomic E-state index is 14.2. The average Bonchev–Trinajstić information content (AvgIpc) is 2.97. The van der Waals surface area contributed by atoms with Gasteiger partial charge >= 0.3 is 0 Å². The molecule has 0 saturated heterocycles. The molecule has 0 fully saturated rings. The second-order valence-electron chi connectivity index (χ2n) is 9.72. The van der Waals surface area contributed by atoms with Crippen molar-refractivity contribution in [2.45, 2.75) is 50.7 Å². The maximum Gasteiger partial charge on any atom is 0.264 e. The summed E-state index contributed by atoms with van der Waals surface area (Å²) in [6.07, 6.45) is 0.285. The van der Waals surface area contributed by atoms with Crippen LogP contribution in [0.1, 0.15) is 32.8 Å². The smallest absolute Gasteiger partial charge is 0.264 e. The normalized spacial score (nSPS) is 12.0. The fourth-order valence-electron chi connectivity index (χ4n) is 4.36. The number of carbonyl (C=O) groups is 2. The van der Waals surface area contributed by atoms with Crippen LogP contribution in [0, 0.1) is 0 Å². The van der Waals surface area contributed by atoms with Crippen molar-refractivity contribution < 1.29 is 27.5 Å². The predicted molar refractivity (Wildman–Crippen MR) is 165 cm³/mol. The van der Waals surface area contributed by atoms with Crippen molar-refractivity contribution >= 4 is 50.7 Å². The lowest BCUT2D eigenvalue weighted by Gasteiger charge is -2.33. The Morgan fingerprint density at radius 3 is 2.14 bits per heavy atom. The highest BCUT2D eigenvalue weighted by molar-refractivity contribution is 7.92. The number of benzene rings is 3. The summed E-state index contributed by atoms with van der Waals surface area (Å²) in [7, 11) is -1.34. The van der Waals surface area contributed by atoms with Gasteiger partial charge in [0.25, 0.3) is 10.0 Å². The van der Waals surface area contributed by atoms with Crippen molar-refractivity contribution in [3.8, 4) is 11.5 Å². The number of hydrogen-bond acceptors (Lipinski definition) is 6. The Morgan fingerprint density at radius 1 is 0.905 bits per heavy atom. The summed E-state index contributed by atoms with van der Waals surface area (Å²) in [5.74, 6) is -0.279. The summed E-state index contributed by atoms with van der Waals surface area (Å²) in [5.41, 5.74) is 0.802. The molecule has 1 atom stereocenters. The van der Waals surface area contributed by atoms with E-state index in [1.165, 1.54) is 43.4 Å². The predicted octanol–water partition coefficient (Wildman–Crippen LogP) is 5.54. The van der Waals surface area contributed by atoms with E-state index < -0.39 is 28.5 Å². The topological polar surface area (TPSA) is 105 Å². The minimum absolute atomic E-state index is 0.00629. The Morgan fingerprint density at radius 2 is 1.57 bits per heavy atom. The van der Waals surface area contributed by atoms with E-state index in [1.54, 1.807) is 49.4 Å². The van der Waals surface area contributed by atoms with Gasteiger partial charge in [-0.15, -0.1) is 0 Å². The first-order valence-electron chi connectivity index (χ1n) is 13.3. The Kier molecular flexibility index (Phi) is 11.5. The van der Waals surface area contributed by atoms with Crippen LogP contribution in [0.2, 0.25) is 10.0 Å². The number of methoxy groups -OCH3 is 2. The average molecular weight is 637 g/mol. The zero-order chi connectivity index (χ0) is 31.0. The molecule has 3 rings (SSSR count). The molecule has 3 aromatic rings. The largest absolute Gasteiger partial charge is 0.493 e. The molecular formula is C30H35Cl2N3O6S. The second-order valence-corrected chi connectivity index (χ2v) is 12.4. The number of carbonyl (C=O) groups excluding carboxylic acids is 2. The molecule has 0 radical (unpaired) electrons. The lowest BCUT2D eigenvalue weighted by atomic mass is 10.1. The van der Waals surface area contributed by atoms with E-state index in [1.807, 2.05) is 13.8 Å². The van der Waals surface area contributed by atoms with Crippen molar-refractivity contribution in [2.24, 2.45) is 0 Å². The first-order valence-corrected chi connectivity index (χ1v) is 15.5. The lowest BCUT2D eigenvalue weighted by molar-refractivity contribution is -0.140. The van der Waals surface area contributed by atoms with Crippen LogP contribution >= 0.6 is 23.2 Å². The first-order chi connectivity index (χ1) is 19.9. The molecule has 0 unspecified atom stereocenters. The third-order valence-corrected chi connectivity index (χ3v) is 8.95. The van der Waals surface area contributed by atoms with Crippen molar-refractivity contribution in [3.05, 3.63) is 82.3 Å². The van der Waals surface area contributed by atoms with Gasteiger partial charge in [0.15, 0.2) is 11.5 Å². The van der Waals surface area contributed by atoms with Crippen LogP contribution in [0.5, 0.6) is 11.5 Å². The fraction of sp³-hybridized carbons (Fsp3) is 0.333. The maximum absolute atomic E-state index is 14.2. The molecular weight excluding hydrogens is 601 g/mol. The fourth-order valence-corrected chi connectivity index (χ4v) is 6.11. The number of nitrogens with zero attached hydrogens (tertiary/aromatic N) is 2. The van der Waals surface area contributed by atoms with Crippen LogP contribution < -0.4 is 19.1 Å². The van der Waals surface area contributed by atoms with Crippen molar-refractivity contribution in [2.75, 3.05) is 25.1 Å². The molecule has 9 nitrogen and oxygen atoms in total. The van der Waals surface area contributed by atoms with Crippen LogP contribution in [-0.2, 0) is 26.2 Å². The van der Waals surface area contributed by atoms with E-state index >= 15 is 0 Å². The van der Waals surface area contributed by atoms with Crippen molar-refractivity contribution in [1.82, 2.24) is 10.2 Å². The highest BCUT2D eigenvalue weighted by atomic mass is 35.5. The molecule has 0 bridgehead atoms. The first kappa shape index (κ1) is 33.0. The summed E-state index contributed by atoms with van der Waals surface area (Å²) in [6.45, 7) is 4.82. The van der Waals surface area contributed by atoms with Crippen LogP contribution in [0.25, 0.3) is 0 Å². The van der Waals surface area contributed by atoms with Crippen LogP contribution in [0.15, 0.2) is 71.6 Å². The number of halogens is 2. The monoisotopic (exact) mass is 635 g/mol. The van der Waals surface area contributed by atoms with Crippen LogP contribution in [-0.4, -0.2) is 58.0 Å². The molecule has 0 aliphatic heterocycles. The molecule has 1 N–H and O–H groups in total.